The fourth-order valence-corrected chi connectivity index (χ4v) is 7.44. The number of carbonyl (C=O) groups excluding carboxylic acids is 1. The van der Waals surface area contributed by atoms with Crippen LogP contribution in [0.15, 0.2) is 90.1 Å². The Hall–Kier alpha value is -3.50. The Morgan fingerprint density at radius 3 is 2.13 bits per heavy atom. The summed E-state index contributed by atoms with van der Waals surface area (Å²) in [6, 6.07) is 19.9. The van der Waals surface area contributed by atoms with Gasteiger partial charge in [-0.1, -0.05) is 35.9 Å². The molecule has 2 bridgehead atoms. The molecule has 0 spiro atoms. The number of aromatic nitrogens is 1. The van der Waals surface area contributed by atoms with Crippen molar-refractivity contribution in [1.29, 1.82) is 0 Å². The first kappa shape index (κ1) is 25.8. The zero-order valence-corrected chi connectivity index (χ0v) is 22.4. The Bertz CT molecular complexity index is 1650. The van der Waals surface area contributed by atoms with Crippen LogP contribution in [-0.4, -0.2) is 59.9 Å². The maximum Gasteiger partial charge on any atom is 0.254 e. The van der Waals surface area contributed by atoms with Crippen molar-refractivity contribution in [3.63, 3.8) is 0 Å². The van der Waals surface area contributed by atoms with Gasteiger partial charge in [-0.25, -0.2) is 8.42 Å². The predicted molar refractivity (Wildman–Crippen MR) is 148 cm³/mol. The van der Waals surface area contributed by atoms with Gasteiger partial charge in [0.2, 0.25) is 10.0 Å². The minimum atomic E-state index is -3.82. The van der Waals surface area contributed by atoms with Crippen molar-refractivity contribution in [2.24, 2.45) is 0 Å². The lowest BCUT2D eigenvalue weighted by atomic mass is 9.89. The smallest absolute Gasteiger partial charge is 0.254 e. The second-order valence-electron chi connectivity index (χ2n) is 10.1. The molecule has 2 saturated heterocycles. The molecule has 2 unspecified atom stereocenters. The Balaban J connectivity index is 1.24. The van der Waals surface area contributed by atoms with Gasteiger partial charge in [0, 0.05) is 47.9 Å². The highest BCUT2D eigenvalue weighted by molar-refractivity contribution is 7.89. The van der Waals surface area contributed by atoms with E-state index in [9.17, 15) is 23.5 Å². The maximum atomic E-state index is 13.7. The van der Waals surface area contributed by atoms with Gasteiger partial charge in [0.1, 0.15) is 0 Å². The number of aliphatic hydroxyl groups is 1. The van der Waals surface area contributed by atoms with Crippen LogP contribution in [0.4, 0.5) is 0 Å². The number of piperazine rings is 1. The molecule has 2 aliphatic heterocycles. The number of benzene rings is 3. The molecule has 0 saturated carbocycles. The first-order valence-corrected chi connectivity index (χ1v) is 14.5. The van der Waals surface area contributed by atoms with Crippen LogP contribution >= 0.6 is 11.6 Å². The van der Waals surface area contributed by atoms with Crippen LogP contribution in [-0.2, 0) is 10.0 Å². The van der Waals surface area contributed by atoms with Crippen molar-refractivity contribution in [2.45, 2.75) is 35.9 Å². The number of rotatable bonds is 4. The van der Waals surface area contributed by atoms with Crippen molar-refractivity contribution < 1.29 is 23.0 Å². The molecule has 4 aromatic rings. The van der Waals surface area contributed by atoms with E-state index in [1.54, 1.807) is 65.6 Å². The van der Waals surface area contributed by atoms with Crippen LogP contribution < -0.4 is 4.73 Å². The number of nitrogens with zero attached hydrogens (tertiary/aromatic N) is 3. The topological polar surface area (TPSA) is 105 Å². The molecule has 2 aliphatic rings. The predicted octanol–water partition coefficient (Wildman–Crippen LogP) is 3.83. The molecule has 6 rings (SSSR count). The fourth-order valence-electron chi connectivity index (χ4n) is 5.71. The minimum absolute atomic E-state index is 0.109. The van der Waals surface area contributed by atoms with Crippen LogP contribution in [0.3, 0.4) is 0 Å². The van der Waals surface area contributed by atoms with Gasteiger partial charge in [0.15, 0.2) is 12.4 Å². The lowest BCUT2D eigenvalue weighted by Gasteiger charge is -2.50. The number of fused-ring (bicyclic) bond motifs is 3. The highest BCUT2D eigenvalue weighted by atomic mass is 35.5. The monoisotopic (exact) mass is 563 g/mol. The molecule has 10 heteroatoms. The summed E-state index contributed by atoms with van der Waals surface area (Å²) in [6.07, 6.45) is 2.86. The summed E-state index contributed by atoms with van der Waals surface area (Å²) in [4.78, 5) is 15.6. The molecular weight excluding hydrogens is 538 g/mol. The second kappa shape index (κ2) is 9.91. The second-order valence-corrected chi connectivity index (χ2v) is 12.5. The maximum absolute atomic E-state index is 13.7. The summed E-state index contributed by atoms with van der Waals surface area (Å²) in [5.41, 5.74) is 2.22. The van der Waals surface area contributed by atoms with Crippen LogP contribution in [0.25, 0.3) is 21.9 Å². The molecule has 3 heterocycles. The van der Waals surface area contributed by atoms with E-state index in [2.05, 4.69) is 0 Å². The fraction of sp³-hybridized carbons (Fsp3) is 0.241. The molecule has 0 aliphatic carbocycles. The van der Waals surface area contributed by atoms with Crippen molar-refractivity contribution in [3.05, 3.63) is 101 Å². The molecule has 0 radical (unpaired) electrons. The zero-order chi connectivity index (χ0) is 27.3. The van der Waals surface area contributed by atoms with Gasteiger partial charge in [-0.05, 0) is 71.1 Å². The quantitative estimate of drug-likeness (QED) is 0.300. The summed E-state index contributed by atoms with van der Waals surface area (Å²) in [6.45, 7) is 0.217. The molecule has 2 atom stereocenters. The van der Waals surface area contributed by atoms with Crippen LogP contribution in [0.1, 0.15) is 23.2 Å². The van der Waals surface area contributed by atoms with E-state index in [0.717, 1.165) is 21.9 Å². The Labute approximate surface area is 231 Å². The molecule has 3 aromatic carbocycles. The van der Waals surface area contributed by atoms with Gasteiger partial charge in [0.25, 0.3) is 5.91 Å². The van der Waals surface area contributed by atoms with Gasteiger partial charge in [-0.3, -0.25) is 4.79 Å². The summed E-state index contributed by atoms with van der Waals surface area (Å²) in [5, 5.41) is 24.0. The van der Waals surface area contributed by atoms with Crippen LogP contribution in [0.2, 0.25) is 5.02 Å². The number of sulfonamides is 1. The van der Waals surface area contributed by atoms with Crippen molar-refractivity contribution in [1.82, 2.24) is 9.21 Å². The van der Waals surface area contributed by atoms with Crippen molar-refractivity contribution in [2.75, 3.05) is 13.1 Å². The normalized spacial score (nSPS) is 21.7. The lowest BCUT2D eigenvalue weighted by molar-refractivity contribution is -0.605. The van der Waals surface area contributed by atoms with Crippen molar-refractivity contribution in [3.8, 4) is 11.1 Å². The number of pyridine rings is 1. The van der Waals surface area contributed by atoms with Gasteiger partial charge in [-0.15, -0.1) is 0 Å². The average Bonchev–Trinajstić information content (AvgIpc) is 2.92. The van der Waals surface area contributed by atoms with Gasteiger partial charge >= 0.3 is 0 Å². The number of carbonyl (C=O) groups is 1. The number of amides is 1. The highest BCUT2D eigenvalue weighted by Crippen LogP contribution is 2.34. The first-order chi connectivity index (χ1) is 18.7. The molecule has 1 amide bonds. The molecule has 1 N–H and O–H groups in total. The third-order valence-corrected chi connectivity index (χ3v) is 9.68. The first-order valence-electron chi connectivity index (χ1n) is 12.7. The van der Waals surface area contributed by atoms with E-state index in [1.165, 1.54) is 16.7 Å². The molecule has 8 nitrogen and oxygen atoms in total. The van der Waals surface area contributed by atoms with E-state index < -0.39 is 28.2 Å². The van der Waals surface area contributed by atoms with E-state index in [1.807, 2.05) is 12.1 Å². The average molecular weight is 564 g/mol. The summed E-state index contributed by atoms with van der Waals surface area (Å²) in [5.74, 6) is -0.187. The Morgan fingerprint density at radius 1 is 0.872 bits per heavy atom. The SMILES string of the molecule is O=C(c1ccc(-c2cc[n+]([O-])cc2)cc1)N1C2CC(O)CC1CN(S(=O)(=O)c1ccc3cc(Cl)ccc3c1)C2. The third-order valence-electron chi connectivity index (χ3n) is 7.62. The Kier molecular flexibility index (Phi) is 6.55. The number of hydrogen-bond donors (Lipinski definition) is 1. The van der Waals surface area contributed by atoms with Crippen LogP contribution in [0, 0.1) is 5.21 Å². The number of piperidine rings is 1. The van der Waals surface area contributed by atoms with Gasteiger partial charge in [-0.2, -0.15) is 9.04 Å². The van der Waals surface area contributed by atoms with E-state index >= 15 is 0 Å². The van der Waals surface area contributed by atoms with E-state index in [4.69, 9.17) is 11.6 Å². The molecular formula is C29H26ClN3O5S. The molecule has 39 heavy (non-hydrogen) atoms. The van der Waals surface area contributed by atoms with E-state index in [-0.39, 0.29) is 23.9 Å². The number of aliphatic hydroxyl groups excluding tert-OH is 1. The van der Waals surface area contributed by atoms with Crippen molar-refractivity contribution >= 4 is 38.3 Å². The summed E-state index contributed by atoms with van der Waals surface area (Å²) < 4.78 is 29.5. The third kappa shape index (κ3) is 4.87. The molecule has 1 aromatic heterocycles. The van der Waals surface area contributed by atoms with E-state index in [0.29, 0.717) is 28.2 Å². The van der Waals surface area contributed by atoms with Gasteiger partial charge in [0.05, 0.1) is 11.0 Å². The Morgan fingerprint density at radius 2 is 1.46 bits per heavy atom. The number of halogens is 1. The minimum Gasteiger partial charge on any atom is -0.619 e. The summed E-state index contributed by atoms with van der Waals surface area (Å²) in [7, 11) is -3.82. The number of hydrogen-bond acceptors (Lipinski definition) is 5. The van der Waals surface area contributed by atoms with Crippen LogP contribution in [0.5, 0.6) is 0 Å². The largest absolute Gasteiger partial charge is 0.619 e. The highest BCUT2D eigenvalue weighted by Gasteiger charge is 2.46. The molecule has 200 valence electrons. The summed E-state index contributed by atoms with van der Waals surface area (Å²) >= 11 is 6.07. The molecule has 2 fully saturated rings. The standard InChI is InChI=1S/C29H26ClN3O5S/c30-24-7-5-23-14-28(8-6-22(23)13-24)39(37,38)32-17-25-15-27(34)16-26(18-32)33(25)29(35)21-3-1-19(2-4-21)20-9-11-31(36)12-10-20/h1-14,25-27,34H,15-18H2. The zero-order valence-electron chi connectivity index (χ0n) is 20.9. The lowest BCUT2D eigenvalue weighted by Crippen LogP contribution is -2.65. The van der Waals surface area contributed by atoms with Gasteiger partial charge < -0.3 is 15.2 Å².